The minimum atomic E-state index is -0.327. The minimum absolute atomic E-state index is 0.0157. The van der Waals surface area contributed by atoms with Crippen LogP contribution < -0.4 is 19.3 Å². The van der Waals surface area contributed by atoms with Crippen LogP contribution in [0.3, 0.4) is 0 Å². The zero-order valence-electron chi connectivity index (χ0n) is 30.2. The average Bonchev–Trinajstić information content (AvgIpc) is 3.11. The molecular formula is C41H55ClN4O3. The summed E-state index contributed by atoms with van der Waals surface area (Å²) in [5.41, 5.74) is 5.04. The number of carbonyl (C=O) groups is 1. The van der Waals surface area contributed by atoms with Crippen LogP contribution in [-0.4, -0.2) is 81.3 Å². The average molecular weight is 687 g/mol. The van der Waals surface area contributed by atoms with E-state index in [0.717, 1.165) is 35.0 Å². The number of anilines is 2. The summed E-state index contributed by atoms with van der Waals surface area (Å²) >= 11 is 6.31. The molecule has 1 aliphatic carbocycles. The first-order chi connectivity index (χ1) is 23.7. The van der Waals surface area contributed by atoms with Gasteiger partial charge in [-0.25, -0.2) is 0 Å². The molecule has 1 amide bonds. The maximum absolute atomic E-state index is 14.0. The molecule has 6 rings (SSSR count). The molecule has 3 aromatic carbocycles. The Hall–Kier alpha value is -3.26. The fourth-order valence-electron chi connectivity index (χ4n) is 8.12. The van der Waals surface area contributed by atoms with Gasteiger partial charge in [0.15, 0.2) is 11.5 Å². The topological polar surface area (TPSA) is 48.5 Å². The first-order valence-electron chi connectivity index (χ1n) is 18.5. The maximum atomic E-state index is 14.0. The molecule has 2 heterocycles. The zero-order chi connectivity index (χ0) is 34.5. The smallest absolute Gasteiger partial charge is 0.232 e. The van der Waals surface area contributed by atoms with Gasteiger partial charge in [-0.3, -0.25) is 9.69 Å². The number of hydrogen-bond donors (Lipinski definition) is 0. The number of halogens is 1. The third-order valence-corrected chi connectivity index (χ3v) is 11.1. The Morgan fingerprint density at radius 2 is 1.61 bits per heavy atom. The molecule has 49 heavy (non-hydrogen) atoms. The molecule has 2 aliphatic heterocycles. The number of hydrogen-bond acceptors (Lipinski definition) is 6. The van der Waals surface area contributed by atoms with Crippen LogP contribution >= 0.6 is 11.6 Å². The molecule has 1 saturated heterocycles. The maximum Gasteiger partial charge on any atom is 0.232 e. The van der Waals surface area contributed by atoms with Crippen molar-refractivity contribution < 1.29 is 14.3 Å². The molecule has 1 atom stereocenters. The van der Waals surface area contributed by atoms with E-state index in [1.54, 1.807) is 7.11 Å². The van der Waals surface area contributed by atoms with Gasteiger partial charge in [0.2, 0.25) is 5.91 Å². The van der Waals surface area contributed by atoms with Gasteiger partial charge in [-0.2, -0.15) is 0 Å². The highest BCUT2D eigenvalue weighted by Crippen LogP contribution is 2.44. The number of piperazine rings is 1. The number of unbranched alkanes of at least 4 members (excludes halogenated alkanes) is 1. The molecule has 0 spiro atoms. The Morgan fingerprint density at radius 3 is 2.24 bits per heavy atom. The predicted octanol–water partition coefficient (Wildman–Crippen LogP) is 8.23. The van der Waals surface area contributed by atoms with Gasteiger partial charge in [0.1, 0.15) is 0 Å². The van der Waals surface area contributed by atoms with Crippen molar-refractivity contribution in [3.63, 3.8) is 0 Å². The summed E-state index contributed by atoms with van der Waals surface area (Å²) < 4.78 is 11.8. The number of carbonyl (C=O) groups excluding carboxylic acids is 1. The molecule has 0 radical (unpaired) electrons. The quantitative estimate of drug-likeness (QED) is 0.191. The molecule has 0 aromatic heterocycles. The second-order valence-corrected chi connectivity index (χ2v) is 15.0. The standard InChI is InChI=1S/C41H55ClN4O3/c1-6-7-20-44-21-23-45(24-22-44)35-14-8-30(9-15-35)28-43(4)34-16-18-36(19-17-34)46-40(47)26-32-25-38(48-5)39(49-29(2)3)27-37(32)41(46)31-10-12-33(42)13-11-31/h10-13,16-19,25,27,29-30,35,41H,6-9,14-15,20-24,26,28H2,1-5H3/t30?,35?,41-/m0/s1. The third-order valence-electron chi connectivity index (χ3n) is 10.8. The summed E-state index contributed by atoms with van der Waals surface area (Å²) in [6.07, 6.45) is 8.09. The second-order valence-electron chi connectivity index (χ2n) is 14.6. The van der Waals surface area contributed by atoms with Crippen molar-refractivity contribution in [2.75, 3.05) is 63.2 Å². The van der Waals surface area contributed by atoms with E-state index in [9.17, 15) is 4.79 Å². The monoisotopic (exact) mass is 686 g/mol. The summed E-state index contributed by atoms with van der Waals surface area (Å²) in [6, 6.07) is 20.8. The third kappa shape index (κ3) is 8.38. The Bertz CT molecular complexity index is 1530. The predicted molar refractivity (Wildman–Crippen MR) is 202 cm³/mol. The van der Waals surface area contributed by atoms with E-state index in [4.69, 9.17) is 21.1 Å². The van der Waals surface area contributed by atoms with Crippen LogP contribution in [0.25, 0.3) is 0 Å². The highest BCUT2D eigenvalue weighted by atomic mass is 35.5. The number of ether oxygens (including phenoxy) is 2. The molecule has 0 bridgehead atoms. The Kier molecular flexibility index (Phi) is 11.7. The molecule has 3 aromatic rings. The summed E-state index contributed by atoms with van der Waals surface area (Å²) in [7, 11) is 3.85. The van der Waals surface area contributed by atoms with Gasteiger partial charge in [0.25, 0.3) is 0 Å². The normalized spacial score (nSPS) is 21.9. The van der Waals surface area contributed by atoms with Crippen LogP contribution in [-0.2, 0) is 11.2 Å². The zero-order valence-corrected chi connectivity index (χ0v) is 30.9. The summed E-state index contributed by atoms with van der Waals surface area (Å²) in [4.78, 5) is 23.7. The Morgan fingerprint density at radius 1 is 0.918 bits per heavy atom. The van der Waals surface area contributed by atoms with Crippen molar-refractivity contribution in [3.05, 3.63) is 82.4 Å². The van der Waals surface area contributed by atoms with E-state index in [2.05, 4.69) is 59.0 Å². The van der Waals surface area contributed by atoms with Gasteiger partial charge in [-0.1, -0.05) is 37.1 Å². The van der Waals surface area contributed by atoms with E-state index in [1.165, 1.54) is 76.9 Å². The molecule has 7 nitrogen and oxygen atoms in total. The molecule has 1 saturated carbocycles. The molecule has 0 N–H and O–H groups in total. The molecular weight excluding hydrogens is 632 g/mol. The van der Waals surface area contributed by atoms with Crippen LogP contribution in [0.2, 0.25) is 5.02 Å². The molecule has 2 fully saturated rings. The highest BCUT2D eigenvalue weighted by Gasteiger charge is 2.36. The number of methoxy groups -OCH3 is 1. The number of rotatable bonds is 12. The number of nitrogens with zero attached hydrogens (tertiary/aromatic N) is 4. The van der Waals surface area contributed by atoms with E-state index >= 15 is 0 Å². The number of benzene rings is 3. The summed E-state index contributed by atoms with van der Waals surface area (Å²) in [6.45, 7) is 13.5. The van der Waals surface area contributed by atoms with Crippen molar-refractivity contribution in [1.29, 1.82) is 0 Å². The molecule has 8 heteroatoms. The van der Waals surface area contributed by atoms with E-state index in [0.29, 0.717) is 22.4 Å². The Labute approximate surface area is 299 Å². The van der Waals surface area contributed by atoms with Gasteiger partial charge in [0, 0.05) is 62.2 Å². The molecule has 3 aliphatic rings. The van der Waals surface area contributed by atoms with Crippen LogP contribution in [0.15, 0.2) is 60.7 Å². The summed E-state index contributed by atoms with van der Waals surface area (Å²) in [5.74, 6) is 2.08. The lowest BCUT2D eigenvalue weighted by molar-refractivity contribution is -0.118. The van der Waals surface area contributed by atoms with E-state index in [-0.39, 0.29) is 24.5 Å². The fourth-order valence-corrected chi connectivity index (χ4v) is 8.24. The van der Waals surface area contributed by atoms with Crippen molar-refractivity contribution in [3.8, 4) is 11.5 Å². The second kappa shape index (κ2) is 16.2. The van der Waals surface area contributed by atoms with Crippen LogP contribution in [0.5, 0.6) is 11.5 Å². The van der Waals surface area contributed by atoms with Crippen LogP contribution in [0.1, 0.15) is 82.0 Å². The minimum Gasteiger partial charge on any atom is -0.493 e. The van der Waals surface area contributed by atoms with Crippen molar-refractivity contribution in [2.24, 2.45) is 5.92 Å². The lowest BCUT2D eigenvalue weighted by Gasteiger charge is -2.42. The van der Waals surface area contributed by atoms with Gasteiger partial charge >= 0.3 is 0 Å². The lowest BCUT2D eigenvalue weighted by atomic mass is 9.84. The first kappa shape index (κ1) is 35.6. The van der Waals surface area contributed by atoms with E-state index < -0.39 is 0 Å². The van der Waals surface area contributed by atoms with Crippen LogP contribution in [0, 0.1) is 5.92 Å². The van der Waals surface area contributed by atoms with Gasteiger partial charge in [0.05, 0.1) is 25.7 Å². The molecule has 264 valence electrons. The van der Waals surface area contributed by atoms with Crippen molar-refractivity contribution in [1.82, 2.24) is 9.80 Å². The van der Waals surface area contributed by atoms with Crippen molar-refractivity contribution >= 4 is 28.9 Å². The largest absolute Gasteiger partial charge is 0.493 e. The highest BCUT2D eigenvalue weighted by molar-refractivity contribution is 6.30. The van der Waals surface area contributed by atoms with Crippen LogP contribution in [0.4, 0.5) is 11.4 Å². The van der Waals surface area contributed by atoms with Crippen molar-refractivity contribution in [2.45, 2.75) is 83.9 Å². The molecule has 0 unspecified atom stereocenters. The Balaban J connectivity index is 1.14. The van der Waals surface area contributed by atoms with Gasteiger partial charge < -0.3 is 24.2 Å². The number of amides is 1. The lowest BCUT2D eigenvalue weighted by Crippen LogP contribution is -2.51. The summed E-state index contributed by atoms with van der Waals surface area (Å²) in [5, 5.41) is 0.665. The first-order valence-corrected chi connectivity index (χ1v) is 18.8. The fraction of sp³-hybridized carbons (Fsp3) is 0.537. The number of fused-ring (bicyclic) bond motifs is 1. The SMILES string of the molecule is CCCCN1CCN(C2CCC(CN(C)c3ccc(N4C(=O)Cc5cc(OC)c(OC(C)C)cc5[C@@H]4c4ccc(Cl)cc4)cc3)CC2)CC1. The van der Waals surface area contributed by atoms with E-state index in [1.807, 2.05) is 49.1 Å². The van der Waals surface area contributed by atoms with Gasteiger partial charge in [-0.15, -0.1) is 0 Å². The van der Waals surface area contributed by atoms with Gasteiger partial charge in [-0.05, 0) is 124 Å².